The number of anilines is 2. The SMILES string of the molecule is CC[Si]1(C)C(N2Nc3cc(-c4ccccc4)ccc3S2)=C(c2ccccc2)C(c2ccccc2)=C1N1Nc2cc(-c3ccccc3)ccc2S1. The molecule has 0 saturated carbocycles. The number of fused-ring (bicyclic) bond motifs is 2. The minimum absolute atomic E-state index is 1.04. The molecule has 7 heteroatoms. The molecule has 0 radical (unpaired) electrons. The van der Waals surface area contributed by atoms with E-state index >= 15 is 0 Å². The zero-order valence-electron chi connectivity index (χ0n) is 27.9. The molecular formula is C43H36N4S2Si. The molecule has 0 amide bonds. The van der Waals surface area contributed by atoms with Crippen LogP contribution in [0.2, 0.25) is 12.6 Å². The second-order valence-electron chi connectivity index (χ2n) is 13.0. The number of hydrogen-bond donors (Lipinski definition) is 2. The molecular weight excluding hydrogens is 665 g/mol. The highest BCUT2D eigenvalue weighted by atomic mass is 32.2. The second-order valence-corrected chi connectivity index (χ2v) is 19.3. The van der Waals surface area contributed by atoms with Gasteiger partial charge in [-0.05, 0) is 63.7 Å². The molecule has 4 nitrogen and oxygen atoms in total. The lowest BCUT2D eigenvalue weighted by Crippen LogP contribution is -2.45. The molecule has 0 unspecified atom stereocenters. The summed E-state index contributed by atoms with van der Waals surface area (Å²) in [6.45, 7) is 4.93. The molecule has 6 aromatic carbocycles. The van der Waals surface area contributed by atoms with Crippen LogP contribution in [0.1, 0.15) is 18.1 Å². The zero-order chi connectivity index (χ0) is 33.7. The standard InChI is InChI=1S/C43H36N4S2Si/c1-3-50(2)42(46-44-36-28-34(24-26-38(36)48-46)30-16-8-4-9-17-30)40(32-20-12-6-13-21-32)41(33-22-14-7-15-23-33)43(50)47-45-37-29-35(25-27-39(37)49-47)31-18-10-5-11-19-31/h4-29,44-45H,3H2,1-2H3. The van der Waals surface area contributed by atoms with Gasteiger partial charge in [-0.15, -0.1) is 0 Å². The topological polar surface area (TPSA) is 30.5 Å². The van der Waals surface area contributed by atoms with E-state index in [1.54, 1.807) is 0 Å². The van der Waals surface area contributed by atoms with Crippen molar-refractivity contribution in [2.45, 2.75) is 29.3 Å². The maximum absolute atomic E-state index is 3.90. The van der Waals surface area contributed by atoms with Gasteiger partial charge in [-0.3, -0.25) is 10.9 Å². The maximum atomic E-state index is 3.90. The molecule has 3 aliphatic rings. The lowest BCUT2D eigenvalue weighted by molar-refractivity contribution is 0.718. The predicted octanol–water partition coefficient (Wildman–Crippen LogP) is 12.0. The Morgan fingerprint density at radius 2 is 0.820 bits per heavy atom. The minimum Gasteiger partial charge on any atom is -0.287 e. The summed E-state index contributed by atoms with van der Waals surface area (Å²) in [6.07, 6.45) is 0. The first-order valence-corrected chi connectivity index (χ1v) is 21.4. The number of hydrazine groups is 2. The Labute approximate surface area is 303 Å². The van der Waals surface area contributed by atoms with Crippen LogP contribution < -0.4 is 10.9 Å². The molecule has 6 aromatic rings. The minimum atomic E-state index is -2.43. The molecule has 0 spiro atoms. The van der Waals surface area contributed by atoms with Crippen LogP contribution in [-0.2, 0) is 0 Å². The Morgan fingerprint density at radius 1 is 0.460 bits per heavy atom. The van der Waals surface area contributed by atoms with E-state index in [2.05, 4.69) is 191 Å². The third kappa shape index (κ3) is 5.24. The van der Waals surface area contributed by atoms with Gasteiger partial charge in [0, 0.05) is 45.7 Å². The van der Waals surface area contributed by atoms with Crippen molar-refractivity contribution in [2.75, 3.05) is 10.9 Å². The van der Waals surface area contributed by atoms with E-state index in [9.17, 15) is 0 Å². The van der Waals surface area contributed by atoms with E-state index in [1.165, 1.54) is 65.0 Å². The van der Waals surface area contributed by atoms with Crippen molar-refractivity contribution in [3.8, 4) is 22.3 Å². The van der Waals surface area contributed by atoms with E-state index in [-0.39, 0.29) is 0 Å². The molecule has 0 fully saturated rings. The van der Waals surface area contributed by atoms with Crippen molar-refractivity contribution in [1.29, 1.82) is 0 Å². The number of benzene rings is 6. The fourth-order valence-corrected chi connectivity index (χ4v) is 14.1. The van der Waals surface area contributed by atoms with Gasteiger partial charge in [0.25, 0.3) is 0 Å². The first-order chi connectivity index (χ1) is 24.6. The van der Waals surface area contributed by atoms with E-state index in [0.717, 1.165) is 17.4 Å². The van der Waals surface area contributed by atoms with Gasteiger partial charge in [-0.1, -0.05) is 147 Å². The Kier molecular flexibility index (Phi) is 7.84. The number of nitrogens with one attached hydrogen (secondary N) is 2. The van der Waals surface area contributed by atoms with Crippen molar-refractivity contribution in [3.05, 3.63) is 179 Å². The fourth-order valence-electron chi connectivity index (χ4n) is 7.34. The van der Waals surface area contributed by atoms with Crippen LogP contribution in [0.5, 0.6) is 0 Å². The molecule has 0 saturated heterocycles. The van der Waals surface area contributed by atoms with Gasteiger partial charge in [0.05, 0.1) is 21.2 Å². The summed E-state index contributed by atoms with van der Waals surface area (Å²) < 4.78 is 4.80. The molecule has 50 heavy (non-hydrogen) atoms. The van der Waals surface area contributed by atoms with Crippen LogP contribution in [-0.4, -0.2) is 16.9 Å². The summed E-state index contributed by atoms with van der Waals surface area (Å²) in [4.78, 5) is 2.47. The average molecular weight is 701 g/mol. The summed E-state index contributed by atoms with van der Waals surface area (Å²) in [5, 5.41) is 2.79. The summed E-state index contributed by atoms with van der Waals surface area (Å²) >= 11 is 3.62. The van der Waals surface area contributed by atoms with Gasteiger partial charge in [0.1, 0.15) is 0 Å². The van der Waals surface area contributed by atoms with Crippen LogP contribution in [0.3, 0.4) is 0 Å². The third-order valence-electron chi connectivity index (χ3n) is 10.0. The molecule has 0 bridgehead atoms. The Balaban J connectivity index is 1.18. The lowest BCUT2D eigenvalue weighted by Gasteiger charge is -2.36. The monoisotopic (exact) mass is 700 g/mol. The first-order valence-electron chi connectivity index (χ1n) is 17.1. The Morgan fingerprint density at radius 3 is 1.18 bits per heavy atom. The van der Waals surface area contributed by atoms with E-state index in [1.807, 2.05) is 23.9 Å². The molecule has 0 aromatic heterocycles. The van der Waals surface area contributed by atoms with Gasteiger partial charge in [0.2, 0.25) is 0 Å². The summed E-state index contributed by atoms with van der Waals surface area (Å²) in [5.74, 6) is 0. The van der Waals surface area contributed by atoms with Crippen LogP contribution in [0.25, 0.3) is 33.4 Å². The maximum Gasteiger partial charge on any atom is 0.164 e. The molecule has 0 atom stereocenters. The van der Waals surface area contributed by atoms with E-state index < -0.39 is 8.07 Å². The summed E-state index contributed by atoms with van der Waals surface area (Å²) in [6, 6.07) is 58.0. The zero-order valence-corrected chi connectivity index (χ0v) is 30.6. The normalized spacial score (nSPS) is 16.0. The second kappa shape index (κ2) is 12.7. The molecule has 244 valence electrons. The van der Waals surface area contributed by atoms with Crippen LogP contribution in [0.4, 0.5) is 11.4 Å². The Bertz CT molecular complexity index is 2120. The molecule has 3 aliphatic heterocycles. The third-order valence-corrected chi connectivity index (χ3v) is 16.8. The van der Waals surface area contributed by atoms with Crippen LogP contribution >= 0.6 is 23.9 Å². The smallest absolute Gasteiger partial charge is 0.164 e. The number of rotatable bonds is 7. The first kappa shape index (κ1) is 30.9. The van der Waals surface area contributed by atoms with Crippen LogP contribution in [0, 0.1) is 0 Å². The largest absolute Gasteiger partial charge is 0.287 e. The number of allylic oxidation sites excluding steroid dienone is 2. The summed E-state index contributed by atoms with van der Waals surface area (Å²) in [7, 11) is -2.43. The average Bonchev–Trinajstić information content (AvgIpc) is 3.87. The van der Waals surface area contributed by atoms with Crippen molar-refractivity contribution in [3.63, 3.8) is 0 Å². The van der Waals surface area contributed by atoms with Gasteiger partial charge in [-0.2, -0.15) is 0 Å². The number of nitrogens with zero attached hydrogens (tertiary/aromatic N) is 2. The molecule has 0 aliphatic carbocycles. The Hall–Kier alpha value is -5.08. The van der Waals surface area contributed by atoms with Gasteiger partial charge < -0.3 is 0 Å². The lowest BCUT2D eigenvalue weighted by atomic mass is 9.94. The fraction of sp³-hybridized carbons (Fsp3) is 0.0698. The van der Waals surface area contributed by atoms with Crippen molar-refractivity contribution in [2.24, 2.45) is 0 Å². The molecule has 3 heterocycles. The predicted molar refractivity (Wildman–Crippen MR) is 215 cm³/mol. The molecule has 2 N–H and O–H groups in total. The van der Waals surface area contributed by atoms with Gasteiger partial charge in [0.15, 0.2) is 8.07 Å². The summed E-state index contributed by atoms with van der Waals surface area (Å²) in [5.41, 5.74) is 20.1. The van der Waals surface area contributed by atoms with E-state index in [0.29, 0.717) is 0 Å². The number of hydrogen-bond acceptors (Lipinski definition) is 6. The highest BCUT2D eigenvalue weighted by Gasteiger charge is 2.52. The van der Waals surface area contributed by atoms with Crippen molar-refractivity contribution in [1.82, 2.24) is 8.83 Å². The van der Waals surface area contributed by atoms with Crippen LogP contribution in [0.15, 0.2) is 178 Å². The highest BCUT2D eigenvalue weighted by molar-refractivity contribution is 7.98. The quantitative estimate of drug-likeness (QED) is 0.127. The van der Waals surface area contributed by atoms with E-state index in [4.69, 9.17) is 0 Å². The van der Waals surface area contributed by atoms with Gasteiger partial charge >= 0.3 is 0 Å². The molecule has 9 rings (SSSR count). The van der Waals surface area contributed by atoms with Crippen molar-refractivity contribution >= 4 is 54.5 Å². The van der Waals surface area contributed by atoms with Crippen molar-refractivity contribution < 1.29 is 0 Å². The van der Waals surface area contributed by atoms with Gasteiger partial charge in [-0.25, -0.2) is 8.83 Å². The highest BCUT2D eigenvalue weighted by Crippen LogP contribution is 2.58.